The summed E-state index contributed by atoms with van der Waals surface area (Å²) in [7, 11) is -3.58. The summed E-state index contributed by atoms with van der Waals surface area (Å²) < 4.78 is 41.0. The maximum Gasteiger partial charge on any atom is 0.228 e. The van der Waals surface area contributed by atoms with Crippen LogP contribution in [0.4, 0.5) is 4.39 Å². The van der Waals surface area contributed by atoms with Gasteiger partial charge in [0.05, 0.1) is 36.8 Å². The first-order valence-electron chi connectivity index (χ1n) is 8.29. The molecule has 1 aliphatic heterocycles. The molecule has 2 aromatic rings. The summed E-state index contributed by atoms with van der Waals surface area (Å²) in [5.41, 5.74) is 1.11. The zero-order valence-electron chi connectivity index (χ0n) is 14.4. The molecule has 0 atom stereocenters. The molecule has 1 fully saturated rings. The van der Waals surface area contributed by atoms with Crippen molar-refractivity contribution in [3.8, 4) is 0 Å². The van der Waals surface area contributed by atoms with Crippen molar-refractivity contribution in [1.29, 1.82) is 0 Å². The van der Waals surface area contributed by atoms with Crippen LogP contribution in [0.1, 0.15) is 31.5 Å². The monoisotopic (exact) mass is 367 g/mol. The highest BCUT2D eigenvalue weighted by Crippen LogP contribution is 2.21. The maximum atomic E-state index is 14.1. The smallest absolute Gasteiger partial charge is 0.228 e. The van der Waals surface area contributed by atoms with Crippen LogP contribution in [0.3, 0.4) is 0 Å². The van der Waals surface area contributed by atoms with E-state index in [-0.39, 0.29) is 17.5 Å². The van der Waals surface area contributed by atoms with Gasteiger partial charge in [-0.2, -0.15) is 5.06 Å². The van der Waals surface area contributed by atoms with Gasteiger partial charge < -0.3 is 4.57 Å². The van der Waals surface area contributed by atoms with E-state index in [1.54, 1.807) is 41.7 Å². The zero-order chi connectivity index (χ0) is 18.0. The van der Waals surface area contributed by atoms with Crippen LogP contribution < -0.4 is 0 Å². The molecule has 3 rings (SSSR count). The molecule has 0 radical (unpaired) electrons. The molecule has 0 N–H and O–H groups in total. The Labute approximate surface area is 147 Å². The fourth-order valence-electron chi connectivity index (χ4n) is 2.73. The van der Waals surface area contributed by atoms with E-state index in [4.69, 9.17) is 4.84 Å². The van der Waals surface area contributed by atoms with Crippen molar-refractivity contribution in [2.45, 2.75) is 43.8 Å². The van der Waals surface area contributed by atoms with E-state index < -0.39 is 15.1 Å². The molecule has 2 heterocycles. The van der Waals surface area contributed by atoms with E-state index >= 15 is 0 Å². The second-order valence-electron chi connectivity index (χ2n) is 6.35. The van der Waals surface area contributed by atoms with Gasteiger partial charge in [-0.3, -0.25) is 4.84 Å². The Morgan fingerprint density at radius 2 is 2.04 bits per heavy atom. The van der Waals surface area contributed by atoms with E-state index in [0.29, 0.717) is 24.4 Å². The molecule has 6 nitrogen and oxygen atoms in total. The summed E-state index contributed by atoms with van der Waals surface area (Å²) in [5, 5.41) is 1.14. The average Bonchev–Trinajstić information content (AvgIpc) is 3.21. The minimum Gasteiger partial charge on any atom is -0.313 e. The van der Waals surface area contributed by atoms with Gasteiger partial charge in [0.2, 0.25) is 15.0 Å². The molecule has 0 unspecified atom stereocenters. The van der Waals surface area contributed by atoms with Crippen LogP contribution in [0.2, 0.25) is 0 Å². The second-order valence-corrected chi connectivity index (χ2v) is 8.75. The van der Waals surface area contributed by atoms with Gasteiger partial charge in [-0.15, -0.1) is 0 Å². The lowest BCUT2D eigenvalue weighted by atomic mass is 10.2. The third kappa shape index (κ3) is 3.75. The summed E-state index contributed by atoms with van der Waals surface area (Å²) in [5.74, 6) is -0.368. The predicted octanol–water partition coefficient (Wildman–Crippen LogP) is 2.39. The highest BCUT2D eigenvalue weighted by molar-refractivity contribution is 7.91. The minimum atomic E-state index is -3.58. The van der Waals surface area contributed by atoms with Crippen LogP contribution in [-0.4, -0.2) is 41.4 Å². The zero-order valence-corrected chi connectivity index (χ0v) is 15.2. The lowest BCUT2D eigenvalue weighted by Crippen LogP contribution is -2.23. The lowest BCUT2D eigenvalue weighted by molar-refractivity contribution is -0.118. The molecule has 1 aromatic heterocycles. The topological polar surface area (TPSA) is 64.4 Å². The molecule has 25 heavy (non-hydrogen) atoms. The summed E-state index contributed by atoms with van der Waals surface area (Å²) >= 11 is 0. The number of rotatable bonds is 6. The Morgan fingerprint density at radius 1 is 1.28 bits per heavy atom. The van der Waals surface area contributed by atoms with E-state index in [0.717, 1.165) is 13.0 Å². The average molecular weight is 367 g/mol. The van der Waals surface area contributed by atoms with Crippen LogP contribution in [0.15, 0.2) is 35.6 Å². The number of hydrogen-bond acceptors (Lipinski definition) is 5. The first-order chi connectivity index (χ1) is 11.9. The van der Waals surface area contributed by atoms with E-state index in [2.05, 4.69) is 4.98 Å². The highest BCUT2D eigenvalue weighted by Gasteiger charge is 2.28. The summed E-state index contributed by atoms with van der Waals surface area (Å²) in [6.07, 6.45) is 2.47. The predicted molar refractivity (Wildman–Crippen MR) is 91.0 cm³/mol. The number of nitrogens with zero attached hydrogens (tertiary/aromatic N) is 3. The third-order valence-electron chi connectivity index (χ3n) is 4.23. The Balaban J connectivity index is 2.01. The molecule has 0 aliphatic carbocycles. The molecule has 0 saturated carbocycles. The van der Waals surface area contributed by atoms with Gasteiger partial charge in [0.1, 0.15) is 5.82 Å². The fraction of sp³-hybridized carbons (Fsp3) is 0.471. The number of hydroxylamine groups is 2. The standard InChI is InChI=1S/C17H22FN3O3S/c1-13(2)25(22,23)17-19-10-15(12-20-8-5-9-24-20)21(17)11-14-6-3-4-7-16(14)18/h3-4,6-7,10,13H,5,8-9,11-12H2,1-2H3. The molecule has 0 spiro atoms. The quantitative estimate of drug-likeness (QED) is 0.784. The van der Waals surface area contributed by atoms with Gasteiger partial charge in [-0.25, -0.2) is 17.8 Å². The normalized spacial score (nSPS) is 16.0. The number of sulfone groups is 1. The highest BCUT2D eigenvalue weighted by atomic mass is 32.2. The maximum absolute atomic E-state index is 14.1. The molecule has 0 amide bonds. The molecule has 1 aromatic carbocycles. The Bertz CT molecular complexity index is 843. The summed E-state index contributed by atoms with van der Waals surface area (Å²) in [6.45, 7) is 5.17. The number of imidazole rings is 1. The number of benzene rings is 1. The molecule has 8 heteroatoms. The first kappa shape index (κ1) is 18.0. The minimum absolute atomic E-state index is 0.0278. The van der Waals surface area contributed by atoms with Gasteiger partial charge >= 0.3 is 0 Å². The van der Waals surface area contributed by atoms with Crippen molar-refractivity contribution in [1.82, 2.24) is 14.6 Å². The number of halogens is 1. The van der Waals surface area contributed by atoms with Crippen LogP contribution in [0.5, 0.6) is 0 Å². The summed E-state index contributed by atoms with van der Waals surface area (Å²) in [6, 6.07) is 6.36. The van der Waals surface area contributed by atoms with E-state index in [9.17, 15) is 12.8 Å². The van der Waals surface area contributed by atoms with E-state index in [1.165, 1.54) is 12.3 Å². The van der Waals surface area contributed by atoms with Crippen molar-refractivity contribution < 1.29 is 17.6 Å². The molecular weight excluding hydrogens is 345 g/mol. The van der Waals surface area contributed by atoms with Crippen molar-refractivity contribution in [2.75, 3.05) is 13.2 Å². The van der Waals surface area contributed by atoms with Crippen molar-refractivity contribution in [3.05, 3.63) is 47.5 Å². The SMILES string of the molecule is CC(C)S(=O)(=O)c1ncc(CN2CCCO2)n1Cc1ccccc1F. The molecule has 0 bridgehead atoms. The lowest BCUT2D eigenvalue weighted by Gasteiger charge is -2.17. The van der Waals surface area contributed by atoms with Gasteiger partial charge in [-0.05, 0) is 26.3 Å². The van der Waals surface area contributed by atoms with Crippen LogP contribution in [0, 0.1) is 5.82 Å². The number of aromatic nitrogens is 2. The van der Waals surface area contributed by atoms with Crippen LogP contribution >= 0.6 is 0 Å². The van der Waals surface area contributed by atoms with Crippen LogP contribution in [-0.2, 0) is 27.8 Å². The largest absolute Gasteiger partial charge is 0.313 e. The summed E-state index contributed by atoms with van der Waals surface area (Å²) in [4.78, 5) is 9.64. The van der Waals surface area contributed by atoms with Gasteiger partial charge in [0.25, 0.3) is 0 Å². The van der Waals surface area contributed by atoms with Crippen molar-refractivity contribution in [3.63, 3.8) is 0 Å². The Morgan fingerprint density at radius 3 is 2.68 bits per heavy atom. The molecule has 1 aliphatic rings. The first-order valence-corrected chi connectivity index (χ1v) is 9.84. The fourth-order valence-corrected chi connectivity index (χ4v) is 3.84. The molecule has 1 saturated heterocycles. The van der Waals surface area contributed by atoms with Gasteiger partial charge in [-0.1, -0.05) is 18.2 Å². The van der Waals surface area contributed by atoms with Gasteiger partial charge in [0.15, 0.2) is 0 Å². The Kier molecular flexibility index (Phi) is 5.21. The third-order valence-corrected chi connectivity index (χ3v) is 6.30. The molecule has 136 valence electrons. The van der Waals surface area contributed by atoms with Crippen LogP contribution in [0.25, 0.3) is 0 Å². The van der Waals surface area contributed by atoms with Crippen molar-refractivity contribution in [2.24, 2.45) is 0 Å². The van der Waals surface area contributed by atoms with E-state index in [1.807, 2.05) is 0 Å². The number of hydrogen-bond donors (Lipinski definition) is 0. The molecular formula is C17H22FN3O3S. The second kappa shape index (κ2) is 7.23. The van der Waals surface area contributed by atoms with Crippen molar-refractivity contribution >= 4 is 9.84 Å². The van der Waals surface area contributed by atoms with Gasteiger partial charge in [0, 0.05) is 12.1 Å². The Hall–Kier alpha value is -1.77.